The van der Waals surface area contributed by atoms with Gasteiger partial charge in [-0.15, -0.1) is 0 Å². The van der Waals surface area contributed by atoms with Crippen LogP contribution in [0.4, 0.5) is 0 Å². The molecule has 0 unspecified atom stereocenters. The van der Waals surface area contributed by atoms with Crippen LogP contribution in [-0.4, -0.2) is 46.8 Å². The summed E-state index contributed by atoms with van der Waals surface area (Å²) >= 11 is 0. The third-order valence-corrected chi connectivity index (χ3v) is 5.25. The molecular weight excluding hydrogens is 350 g/mol. The minimum absolute atomic E-state index is 0.0110. The Kier molecular flexibility index (Phi) is 5.53. The van der Waals surface area contributed by atoms with Crippen LogP contribution in [0.5, 0.6) is 0 Å². The fourth-order valence-electron chi connectivity index (χ4n) is 3.83. The number of hydrogen-bond acceptors (Lipinski definition) is 3. The molecule has 3 aromatic rings. The summed E-state index contributed by atoms with van der Waals surface area (Å²) in [5.41, 5.74) is 3.90. The third kappa shape index (κ3) is 4.15. The van der Waals surface area contributed by atoms with Gasteiger partial charge in [-0.1, -0.05) is 60.7 Å². The molecule has 28 heavy (non-hydrogen) atoms. The fraction of sp³-hybridized carbons (Fsp3) is 0.304. The van der Waals surface area contributed by atoms with Crippen molar-refractivity contribution in [1.82, 2.24) is 15.1 Å². The summed E-state index contributed by atoms with van der Waals surface area (Å²) in [5.74, 6) is 0.198. The Bertz CT molecular complexity index is 868. The Morgan fingerprint density at radius 2 is 1.79 bits per heavy atom. The van der Waals surface area contributed by atoms with Gasteiger partial charge in [0.25, 0.3) is 5.91 Å². The standard InChI is InChI=1S/C23H25N3O2/c1-17-14-22(25-24-17)23(27)26-12-13-28-20(16-26)15-21(18-8-4-2-5-9-18)19-10-6-3-7-11-19/h2-11,14,20-21H,12-13,15-16H2,1H3,(H,24,25)/t20-/m0/s1. The molecule has 1 amide bonds. The number of amides is 1. The average Bonchev–Trinajstić information content (AvgIpc) is 3.19. The number of carbonyl (C=O) groups excluding carboxylic acids is 1. The van der Waals surface area contributed by atoms with Gasteiger partial charge in [-0.3, -0.25) is 9.89 Å². The van der Waals surface area contributed by atoms with Gasteiger partial charge in [-0.25, -0.2) is 0 Å². The van der Waals surface area contributed by atoms with Crippen molar-refractivity contribution in [2.45, 2.75) is 25.4 Å². The molecule has 4 rings (SSSR count). The highest BCUT2D eigenvalue weighted by Gasteiger charge is 2.29. The molecule has 1 fully saturated rings. The quantitative estimate of drug-likeness (QED) is 0.738. The summed E-state index contributed by atoms with van der Waals surface area (Å²) in [6.45, 7) is 3.63. The minimum atomic E-state index is -0.0337. The molecule has 1 atom stereocenters. The largest absolute Gasteiger partial charge is 0.375 e. The van der Waals surface area contributed by atoms with Crippen LogP contribution >= 0.6 is 0 Å². The number of H-pyrrole nitrogens is 1. The predicted molar refractivity (Wildman–Crippen MR) is 108 cm³/mol. The maximum Gasteiger partial charge on any atom is 0.274 e. The maximum atomic E-state index is 12.8. The van der Waals surface area contributed by atoms with Crippen LogP contribution < -0.4 is 0 Å². The Labute approximate surface area is 165 Å². The lowest BCUT2D eigenvalue weighted by Gasteiger charge is -2.34. The lowest BCUT2D eigenvalue weighted by molar-refractivity contribution is -0.0266. The van der Waals surface area contributed by atoms with Crippen molar-refractivity contribution < 1.29 is 9.53 Å². The van der Waals surface area contributed by atoms with Gasteiger partial charge in [0.05, 0.1) is 12.7 Å². The number of aromatic amines is 1. The van der Waals surface area contributed by atoms with Gasteiger partial charge in [-0.2, -0.15) is 5.10 Å². The number of nitrogens with zero attached hydrogens (tertiary/aromatic N) is 2. The van der Waals surface area contributed by atoms with Crippen LogP contribution in [0, 0.1) is 6.92 Å². The molecule has 0 saturated carbocycles. The molecule has 2 aromatic carbocycles. The van der Waals surface area contributed by atoms with Gasteiger partial charge in [0.15, 0.2) is 0 Å². The summed E-state index contributed by atoms with van der Waals surface area (Å²) in [6.07, 6.45) is 0.820. The summed E-state index contributed by atoms with van der Waals surface area (Å²) in [7, 11) is 0. The van der Waals surface area contributed by atoms with Crippen molar-refractivity contribution in [2.24, 2.45) is 0 Å². The zero-order chi connectivity index (χ0) is 19.3. The molecule has 1 aliphatic rings. The van der Waals surface area contributed by atoms with Gasteiger partial charge < -0.3 is 9.64 Å². The number of carbonyl (C=O) groups is 1. The third-order valence-electron chi connectivity index (χ3n) is 5.25. The van der Waals surface area contributed by atoms with E-state index >= 15 is 0 Å². The van der Waals surface area contributed by atoms with Crippen LogP contribution in [0.15, 0.2) is 66.7 Å². The molecule has 0 spiro atoms. The summed E-state index contributed by atoms with van der Waals surface area (Å²) < 4.78 is 6.05. The number of aryl methyl sites for hydroxylation is 1. The predicted octanol–water partition coefficient (Wildman–Crippen LogP) is 3.78. The number of rotatable bonds is 5. The van der Waals surface area contributed by atoms with Crippen LogP contribution in [0.2, 0.25) is 0 Å². The highest BCUT2D eigenvalue weighted by atomic mass is 16.5. The van der Waals surface area contributed by atoms with E-state index in [1.165, 1.54) is 11.1 Å². The molecular formula is C23H25N3O2. The van der Waals surface area contributed by atoms with Crippen molar-refractivity contribution in [3.8, 4) is 0 Å². The molecule has 5 heteroatoms. The second kappa shape index (κ2) is 8.40. The van der Waals surface area contributed by atoms with Crippen molar-refractivity contribution >= 4 is 5.91 Å². The van der Waals surface area contributed by atoms with Gasteiger partial charge in [0, 0.05) is 24.7 Å². The maximum absolute atomic E-state index is 12.8. The molecule has 0 bridgehead atoms. The molecule has 2 heterocycles. The van der Waals surface area contributed by atoms with E-state index in [1.54, 1.807) is 6.07 Å². The van der Waals surface area contributed by atoms with Crippen molar-refractivity contribution in [1.29, 1.82) is 0 Å². The zero-order valence-corrected chi connectivity index (χ0v) is 16.0. The van der Waals surface area contributed by atoms with E-state index in [2.05, 4.69) is 58.7 Å². The van der Waals surface area contributed by atoms with E-state index in [0.717, 1.165) is 12.1 Å². The molecule has 5 nitrogen and oxygen atoms in total. The normalized spacial score (nSPS) is 17.1. The van der Waals surface area contributed by atoms with E-state index in [1.807, 2.05) is 24.0 Å². The number of ether oxygens (including phenoxy) is 1. The van der Waals surface area contributed by atoms with Gasteiger partial charge in [0.1, 0.15) is 5.69 Å². The first kappa shape index (κ1) is 18.4. The minimum Gasteiger partial charge on any atom is -0.375 e. The van der Waals surface area contributed by atoms with Crippen LogP contribution in [0.3, 0.4) is 0 Å². The first-order valence-electron chi connectivity index (χ1n) is 9.73. The average molecular weight is 375 g/mol. The smallest absolute Gasteiger partial charge is 0.274 e. The SMILES string of the molecule is Cc1cc(C(=O)N2CCO[C@@H](CC(c3ccccc3)c3ccccc3)C2)n[nH]1. The number of aromatic nitrogens is 2. The zero-order valence-electron chi connectivity index (χ0n) is 16.0. The summed E-state index contributed by atoms with van der Waals surface area (Å²) in [4.78, 5) is 14.6. The molecule has 1 aromatic heterocycles. The number of nitrogens with one attached hydrogen (secondary N) is 1. The van der Waals surface area contributed by atoms with Crippen molar-refractivity contribution in [3.05, 3.63) is 89.2 Å². The Hall–Kier alpha value is -2.92. The summed E-state index contributed by atoms with van der Waals surface area (Å²) in [6, 6.07) is 22.8. The Morgan fingerprint density at radius 1 is 1.14 bits per heavy atom. The number of benzene rings is 2. The lowest BCUT2D eigenvalue weighted by atomic mass is 9.86. The van der Waals surface area contributed by atoms with Crippen LogP contribution in [0.25, 0.3) is 0 Å². The van der Waals surface area contributed by atoms with E-state index < -0.39 is 0 Å². The fourth-order valence-corrected chi connectivity index (χ4v) is 3.83. The second-order valence-corrected chi connectivity index (χ2v) is 7.29. The molecule has 144 valence electrons. The Balaban J connectivity index is 1.51. The molecule has 1 aliphatic heterocycles. The highest BCUT2D eigenvalue weighted by Crippen LogP contribution is 2.31. The van der Waals surface area contributed by atoms with Gasteiger partial charge in [0.2, 0.25) is 0 Å². The van der Waals surface area contributed by atoms with Crippen LogP contribution in [0.1, 0.15) is 39.6 Å². The molecule has 1 N–H and O–H groups in total. The van der Waals surface area contributed by atoms with Crippen LogP contribution in [-0.2, 0) is 4.74 Å². The van der Waals surface area contributed by atoms with Gasteiger partial charge >= 0.3 is 0 Å². The van der Waals surface area contributed by atoms with E-state index in [-0.39, 0.29) is 17.9 Å². The van der Waals surface area contributed by atoms with E-state index in [4.69, 9.17) is 4.74 Å². The number of morpholine rings is 1. The number of hydrogen-bond donors (Lipinski definition) is 1. The summed E-state index contributed by atoms with van der Waals surface area (Å²) in [5, 5.41) is 6.96. The molecule has 0 aliphatic carbocycles. The Morgan fingerprint density at radius 3 is 2.36 bits per heavy atom. The highest BCUT2D eigenvalue weighted by molar-refractivity contribution is 5.92. The van der Waals surface area contributed by atoms with E-state index in [9.17, 15) is 4.79 Å². The van der Waals surface area contributed by atoms with Crippen molar-refractivity contribution in [2.75, 3.05) is 19.7 Å². The second-order valence-electron chi connectivity index (χ2n) is 7.29. The van der Waals surface area contributed by atoms with Gasteiger partial charge in [-0.05, 0) is 30.5 Å². The molecule has 0 radical (unpaired) electrons. The monoisotopic (exact) mass is 375 g/mol. The lowest BCUT2D eigenvalue weighted by Crippen LogP contribution is -2.46. The molecule has 1 saturated heterocycles. The first-order chi connectivity index (χ1) is 13.7. The first-order valence-corrected chi connectivity index (χ1v) is 9.73. The topological polar surface area (TPSA) is 58.2 Å². The van der Waals surface area contributed by atoms with Crippen molar-refractivity contribution in [3.63, 3.8) is 0 Å². The van der Waals surface area contributed by atoms with E-state index in [0.29, 0.717) is 25.4 Å².